The first-order valence-corrected chi connectivity index (χ1v) is 8.63. The standard InChI is InChI=1S/C22H15NO5/c1-12-9-17(19(23(26)27)10-13(12)2)20-8-7-14(28-20)11-18-21(24)15-5-3-4-6-16(15)22(18)25/h3-11H,1-2H3. The summed E-state index contributed by atoms with van der Waals surface area (Å²) in [7, 11) is 0. The van der Waals surface area contributed by atoms with Crippen LogP contribution >= 0.6 is 0 Å². The van der Waals surface area contributed by atoms with Crippen LogP contribution in [0.25, 0.3) is 17.4 Å². The number of benzene rings is 2. The SMILES string of the molecule is Cc1cc(-c2ccc(C=C3C(=O)c4ccccc4C3=O)o2)c([N+](=O)[O-])cc1C. The van der Waals surface area contributed by atoms with E-state index < -0.39 is 4.92 Å². The van der Waals surface area contributed by atoms with E-state index in [4.69, 9.17) is 4.42 Å². The number of ketones is 2. The topological polar surface area (TPSA) is 90.4 Å². The molecule has 1 aliphatic rings. The predicted octanol–water partition coefficient (Wildman–Crippen LogP) is 4.93. The second-order valence-electron chi connectivity index (χ2n) is 6.67. The minimum absolute atomic E-state index is 0.0247. The highest BCUT2D eigenvalue weighted by Gasteiger charge is 2.32. The van der Waals surface area contributed by atoms with Crippen molar-refractivity contribution in [1.29, 1.82) is 0 Å². The van der Waals surface area contributed by atoms with E-state index in [1.807, 2.05) is 6.92 Å². The summed E-state index contributed by atoms with van der Waals surface area (Å²) < 4.78 is 5.73. The molecule has 0 spiro atoms. The molecule has 0 unspecified atom stereocenters. The molecule has 0 radical (unpaired) electrons. The lowest BCUT2D eigenvalue weighted by Crippen LogP contribution is -1.99. The minimum atomic E-state index is -0.455. The number of carbonyl (C=O) groups is 2. The zero-order chi connectivity index (χ0) is 20.0. The molecular formula is C22H15NO5. The number of fused-ring (bicyclic) bond motifs is 1. The van der Waals surface area contributed by atoms with Gasteiger partial charge in [-0.25, -0.2) is 0 Å². The van der Waals surface area contributed by atoms with Gasteiger partial charge in [0.05, 0.1) is 16.1 Å². The van der Waals surface area contributed by atoms with E-state index in [-0.39, 0.29) is 28.6 Å². The third kappa shape index (κ3) is 2.75. The maximum absolute atomic E-state index is 12.5. The van der Waals surface area contributed by atoms with E-state index >= 15 is 0 Å². The third-order valence-corrected chi connectivity index (χ3v) is 4.89. The highest BCUT2D eigenvalue weighted by molar-refractivity contribution is 6.41. The van der Waals surface area contributed by atoms with Gasteiger partial charge in [-0.1, -0.05) is 24.3 Å². The number of Topliss-reactive ketones (excluding diaryl/α,β-unsaturated/α-hetero) is 2. The Balaban J connectivity index is 1.75. The van der Waals surface area contributed by atoms with Gasteiger partial charge in [0.1, 0.15) is 11.5 Å². The Hall–Kier alpha value is -3.80. The lowest BCUT2D eigenvalue weighted by atomic mass is 10.0. The number of rotatable bonds is 3. The smallest absolute Gasteiger partial charge is 0.280 e. The van der Waals surface area contributed by atoms with Crippen molar-refractivity contribution in [3.05, 3.63) is 92.2 Å². The Labute approximate surface area is 160 Å². The van der Waals surface area contributed by atoms with Crippen LogP contribution in [0.4, 0.5) is 5.69 Å². The Kier molecular flexibility index (Phi) is 4.04. The van der Waals surface area contributed by atoms with Crippen LogP contribution < -0.4 is 0 Å². The minimum Gasteiger partial charge on any atom is -0.456 e. The fourth-order valence-electron chi connectivity index (χ4n) is 3.27. The van der Waals surface area contributed by atoms with Gasteiger partial charge in [-0.2, -0.15) is 0 Å². The van der Waals surface area contributed by atoms with Gasteiger partial charge in [-0.3, -0.25) is 19.7 Å². The number of nitro groups is 1. The van der Waals surface area contributed by atoms with Crippen LogP contribution in [-0.2, 0) is 0 Å². The van der Waals surface area contributed by atoms with Gasteiger partial charge < -0.3 is 4.42 Å². The maximum atomic E-state index is 12.5. The molecule has 0 fully saturated rings. The highest BCUT2D eigenvalue weighted by Crippen LogP contribution is 2.35. The molecule has 0 atom stereocenters. The molecule has 138 valence electrons. The first kappa shape index (κ1) is 17.6. The lowest BCUT2D eigenvalue weighted by molar-refractivity contribution is -0.384. The molecule has 0 N–H and O–H groups in total. The van der Waals surface area contributed by atoms with Gasteiger partial charge >= 0.3 is 0 Å². The van der Waals surface area contributed by atoms with Gasteiger partial charge in [0, 0.05) is 17.2 Å². The van der Waals surface area contributed by atoms with Crippen molar-refractivity contribution in [3.63, 3.8) is 0 Å². The fraction of sp³-hybridized carbons (Fsp3) is 0.0909. The summed E-state index contributed by atoms with van der Waals surface area (Å²) in [5.41, 5.74) is 2.77. The van der Waals surface area contributed by atoms with E-state index in [2.05, 4.69) is 0 Å². The second-order valence-corrected chi connectivity index (χ2v) is 6.67. The highest BCUT2D eigenvalue weighted by atomic mass is 16.6. The molecule has 0 saturated heterocycles. The summed E-state index contributed by atoms with van der Waals surface area (Å²) >= 11 is 0. The molecule has 4 rings (SSSR count). The van der Waals surface area contributed by atoms with Crippen LogP contribution in [0, 0.1) is 24.0 Å². The number of hydrogen-bond donors (Lipinski definition) is 0. The van der Waals surface area contributed by atoms with Crippen molar-refractivity contribution >= 4 is 23.3 Å². The summed E-state index contributed by atoms with van der Waals surface area (Å²) in [6.45, 7) is 3.67. The first-order chi connectivity index (χ1) is 13.4. The van der Waals surface area contributed by atoms with Crippen LogP contribution in [0.1, 0.15) is 37.6 Å². The Morgan fingerprint density at radius 1 is 0.893 bits per heavy atom. The van der Waals surface area contributed by atoms with Gasteiger partial charge in [0.25, 0.3) is 5.69 Å². The van der Waals surface area contributed by atoms with Gasteiger partial charge in [0.15, 0.2) is 11.6 Å². The van der Waals surface area contributed by atoms with Crippen molar-refractivity contribution in [3.8, 4) is 11.3 Å². The summed E-state index contributed by atoms with van der Waals surface area (Å²) in [6, 6.07) is 13.0. The van der Waals surface area contributed by atoms with E-state index in [9.17, 15) is 19.7 Å². The number of nitrogens with zero attached hydrogens (tertiary/aromatic N) is 1. The lowest BCUT2D eigenvalue weighted by Gasteiger charge is -2.04. The van der Waals surface area contributed by atoms with Gasteiger partial charge in [-0.15, -0.1) is 0 Å². The Bertz CT molecular complexity index is 1160. The zero-order valence-corrected chi connectivity index (χ0v) is 15.2. The monoisotopic (exact) mass is 373 g/mol. The largest absolute Gasteiger partial charge is 0.456 e. The number of hydrogen-bond acceptors (Lipinski definition) is 5. The first-order valence-electron chi connectivity index (χ1n) is 8.63. The van der Waals surface area contributed by atoms with Crippen molar-refractivity contribution in [1.82, 2.24) is 0 Å². The van der Waals surface area contributed by atoms with E-state index in [1.54, 1.807) is 49.4 Å². The quantitative estimate of drug-likeness (QED) is 0.281. The molecule has 0 saturated carbocycles. The summed E-state index contributed by atoms with van der Waals surface area (Å²) in [5, 5.41) is 11.4. The molecular weight excluding hydrogens is 358 g/mol. The van der Waals surface area contributed by atoms with Crippen molar-refractivity contribution in [2.75, 3.05) is 0 Å². The van der Waals surface area contributed by atoms with Gasteiger partial charge in [0.2, 0.25) is 0 Å². The molecule has 2 aromatic carbocycles. The fourth-order valence-corrected chi connectivity index (χ4v) is 3.27. The molecule has 0 bridgehead atoms. The molecule has 0 aliphatic heterocycles. The summed E-state index contributed by atoms with van der Waals surface area (Å²) in [5.74, 6) is -0.115. The maximum Gasteiger partial charge on any atom is 0.280 e. The van der Waals surface area contributed by atoms with Crippen molar-refractivity contribution < 1.29 is 18.9 Å². The summed E-state index contributed by atoms with van der Waals surface area (Å²) in [4.78, 5) is 36.0. The predicted molar refractivity (Wildman–Crippen MR) is 103 cm³/mol. The van der Waals surface area contributed by atoms with Crippen LogP contribution in [0.5, 0.6) is 0 Å². The van der Waals surface area contributed by atoms with Crippen molar-refractivity contribution in [2.24, 2.45) is 0 Å². The third-order valence-electron chi connectivity index (χ3n) is 4.89. The van der Waals surface area contributed by atoms with Crippen LogP contribution in [0.2, 0.25) is 0 Å². The Morgan fingerprint density at radius 2 is 1.50 bits per heavy atom. The van der Waals surface area contributed by atoms with Crippen LogP contribution in [-0.4, -0.2) is 16.5 Å². The van der Waals surface area contributed by atoms with Crippen LogP contribution in [0.15, 0.2) is 58.5 Å². The number of aryl methyl sites for hydroxylation is 2. The number of allylic oxidation sites excluding steroid dienone is 1. The average Bonchev–Trinajstić information content (AvgIpc) is 3.23. The molecule has 6 nitrogen and oxygen atoms in total. The molecule has 1 aliphatic carbocycles. The normalized spacial score (nSPS) is 13.0. The molecule has 3 aromatic rings. The van der Waals surface area contributed by atoms with Gasteiger partial charge in [-0.05, 0) is 49.2 Å². The molecule has 6 heteroatoms. The molecule has 0 amide bonds. The summed E-state index contributed by atoms with van der Waals surface area (Å²) in [6.07, 6.45) is 1.39. The average molecular weight is 373 g/mol. The number of nitro benzene ring substituents is 1. The van der Waals surface area contributed by atoms with E-state index in [0.717, 1.165) is 11.1 Å². The van der Waals surface area contributed by atoms with Crippen molar-refractivity contribution in [2.45, 2.75) is 13.8 Å². The van der Waals surface area contributed by atoms with Crippen LogP contribution in [0.3, 0.4) is 0 Å². The number of furan rings is 1. The second kappa shape index (κ2) is 6.42. The molecule has 1 heterocycles. The molecule has 28 heavy (non-hydrogen) atoms. The zero-order valence-electron chi connectivity index (χ0n) is 15.2. The van der Waals surface area contributed by atoms with E-state index in [0.29, 0.717) is 22.5 Å². The number of carbonyl (C=O) groups excluding carboxylic acids is 2. The molecule has 1 aromatic heterocycles. The Morgan fingerprint density at radius 3 is 2.11 bits per heavy atom. The van der Waals surface area contributed by atoms with E-state index in [1.165, 1.54) is 12.1 Å².